The number of carboxylic acid groups (broad SMARTS) is 1. The van der Waals surface area contributed by atoms with E-state index in [4.69, 9.17) is 5.11 Å². The van der Waals surface area contributed by atoms with Crippen LogP contribution in [0.5, 0.6) is 0 Å². The van der Waals surface area contributed by atoms with Crippen molar-refractivity contribution in [2.45, 2.75) is 31.6 Å². The second kappa shape index (κ2) is 3.33. The Morgan fingerprint density at radius 1 is 1.56 bits per heavy atom. The van der Waals surface area contributed by atoms with Gasteiger partial charge in [0, 0.05) is 12.3 Å². The lowest BCUT2D eigenvalue weighted by Gasteiger charge is -1.90. The zero-order valence-corrected chi connectivity index (χ0v) is 8.68. The molecule has 1 aliphatic rings. The summed E-state index contributed by atoms with van der Waals surface area (Å²) < 4.78 is 1.77. The van der Waals surface area contributed by atoms with Gasteiger partial charge in [0.15, 0.2) is 0 Å². The first kappa shape index (κ1) is 9.38. The van der Waals surface area contributed by atoms with Gasteiger partial charge in [-0.05, 0) is 12.8 Å². The number of carboxylic acids is 1. The van der Waals surface area contributed by atoms with Crippen molar-refractivity contribution in [3.05, 3.63) is 17.7 Å². The van der Waals surface area contributed by atoms with E-state index >= 15 is 0 Å². The molecule has 2 aromatic heterocycles. The molecule has 0 saturated heterocycles. The number of H-pyrrole nitrogens is 1. The Morgan fingerprint density at radius 3 is 3.00 bits per heavy atom. The second-order valence-corrected chi connectivity index (χ2v) is 4.18. The lowest BCUT2D eigenvalue weighted by Crippen LogP contribution is -1.97. The third-order valence-electron chi connectivity index (χ3n) is 2.75. The second-order valence-electron chi connectivity index (χ2n) is 4.18. The molecule has 0 amide bonds. The lowest BCUT2D eigenvalue weighted by molar-refractivity contribution is -0.136. The van der Waals surface area contributed by atoms with Crippen LogP contribution in [0.2, 0.25) is 0 Å². The van der Waals surface area contributed by atoms with Gasteiger partial charge in [0.25, 0.3) is 5.78 Å². The maximum atomic E-state index is 10.4. The number of hydrogen-bond donors (Lipinski definition) is 2. The number of carbonyl (C=O) groups is 1. The fourth-order valence-corrected chi connectivity index (χ4v) is 1.73. The largest absolute Gasteiger partial charge is 0.481 e. The summed E-state index contributed by atoms with van der Waals surface area (Å²) >= 11 is 0. The summed E-state index contributed by atoms with van der Waals surface area (Å²) in [6, 6.07) is 0. The van der Waals surface area contributed by atoms with E-state index in [2.05, 4.69) is 15.1 Å². The number of fused-ring (bicyclic) bond motifs is 1. The molecule has 2 N–H and O–H groups in total. The van der Waals surface area contributed by atoms with Gasteiger partial charge in [-0.2, -0.15) is 4.98 Å². The van der Waals surface area contributed by atoms with Gasteiger partial charge in [-0.25, -0.2) is 9.50 Å². The highest BCUT2D eigenvalue weighted by Gasteiger charge is 2.27. The molecule has 0 bridgehead atoms. The van der Waals surface area contributed by atoms with Crippen LogP contribution in [-0.2, 0) is 11.2 Å². The van der Waals surface area contributed by atoms with E-state index in [9.17, 15) is 4.79 Å². The van der Waals surface area contributed by atoms with Crippen molar-refractivity contribution in [3.63, 3.8) is 0 Å². The fraction of sp³-hybridized carbons (Fsp3) is 0.500. The Morgan fingerprint density at radius 2 is 2.38 bits per heavy atom. The summed E-state index contributed by atoms with van der Waals surface area (Å²) in [6.45, 7) is 0. The van der Waals surface area contributed by atoms with Crippen LogP contribution in [0.15, 0.2) is 6.20 Å². The molecule has 0 spiro atoms. The highest BCUT2D eigenvalue weighted by atomic mass is 16.4. The molecule has 1 saturated carbocycles. The van der Waals surface area contributed by atoms with Gasteiger partial charge >= 0.3 is 5.97 Å². The Hall–Kier alpha value is -1.85. The molecule has 0 unspecified atom stereocenters. The minimum absolute atomic E-state index is 0.107. The summed E-state index contributed by atoms with van der Waals surface area (Å²) in [5.41, 5.74) is 0.767. The van der Waals surface area contributed by atoms with Crippen molar-refractivity contribution in [3.8, 4) is 0 Å². The van der Waals surface area contributed by atoms with E-state index in [1.807, 2.05) is 6.20 Å². The molecule has 3 rings (SSSR count). The predicted molar refractivity (Wildman–Crippen MR) is 55.3 cm³/mol. The maximum absolute atomic E-state index is 10.4. The molecule has 2 aromatic rings. The van der Waals surface area contributed by atoms with E-state index in [-0.39, 0.29) is 6.42 Å². The summed E-state index contributed by atoms with van der Waals surface area (Å²) in [4.78, 5) is 19.1. The van der Waals surface area contributed by atoms with Crippen molar-refractivity contribution < 1.29 is 9.90 Å². The van der Waals surface area contributed by atoms with Crippen molar-refractivity contribution in [2.24, 2.45) is 0 Å². The van der Waals surface area contributed by atoms with Crippen molar-refractivity contribution in [1.29, 1.82) is 0 Å². The minimum Gasteiger partial charge on any atom is -0.481 e. The van der Waals surface area contributed by atoms with Crippen molar-refractivity contribution >= 4 is 11.7 Å². The van der Waals surface area contributed by atoms with Crippen molar-refractivity contribution in [2.75, 3.05) is 0 Å². The zero-order valence-electron chi connectivity index (χ0n) is 8.68. The van der Waals surface area contributed by atoms with E-state index in [1.54, 1.807) is 4.52 Å². The van der Waals surface area contributed by atoms with Crippen LogP contribution in [0.25, 0.3) is 5.78 Å². The third-order valence-corrected chi connectivity index (χ3v) is 2.75. The lowest BCUT2D eigenvalue weighted by atomic mass is 10.2. The molecule has 6 heteroatoms. The van der Waals surface area contributed by atoms with E-state index in [0.29, 0.717) is 18.1 Å². The van der Waals surface area contributed by atoms with Crippen LogP contribution in [0.1, 0.15) is 36.7 Å². The first-order chi connectivity index (χ1) is 7.72. The average Bonchev–Trinajstić information content (AvgIpc) is 2.88. The van der Waals surface area contributed by atoms with Crippen molar-refractivity contribution in [1.82, 2.24) is 19.6 Å². The smallest absolute Gasteiger partial charge is 0.303 e. The number of aromatic nitrogens is 4. The summed E-state index contributed by atoms with van der Waals surface area (Å²) in [6.07, 6.45) is 4.77. The fourth-order valence-electron chi connectivity index (χ4n) is 1.73. The number of hydrogen-bond acceptors (Lipinski definition) is 3. The molecule has 1 aliphatic carbocycles. The highest BCUT2D eigenvalue weighted by Crippen LogP contribution is 2.38. The summed E-state index contributed by atoms with van der Waals surface area (Å²) in [5.74, 6) is 1.40. The van der Waals surface area contributed by atoms with Crippen LogP contribution in [0, 0.1) is 0 Å². The molecule has 1 fully saturated rings. The summed E-state index contributed by atoms with van der Waals surface area (Å²) in [5, 5.41) is 11.7. The van der Waals surface area contributed by atoms with Gasteiger partial charge in [0.2, 0.25) is 0 Å². The van der Waals surface area contributed by atoms with Crippen LogP contribution in [0.3, 0.4) is 0 Å². The average molecular weight is 220 g/mol. The van der Waals surface area contributed by atoms with Gasteiger partial charge in [-0.15, -0.1) is 0 Å². The zero-order chi connectivity index (χ0) is 11.1. The number of imidazole rings is 1. The molecule has 84 valence electrons. The maximum Gasteiger partial charge on any atom is 0.303 e. The molecule has 6 nitrogen and oxygen atoms in total. The first-order valence-corrected chi connectivity index (χ1v) is 5.38. The van der Waals surface area contributed by atoms with Gasteiger partial charge < -0.3 is 5.11 Å². The Balaban J connectivity index is 1.81. The monoisotopic (exact) mass is 220 g/mol. The topological polar surface area (TPSA) is 83.3 Å². The Labute approximate surface area is 91.3 Å². The number of aliphatic carboxylic acids is 1. The first-order valence-electron chi connectivity index (χ1n) is 5.38. The normalized spacial score (nSPS) is 15.8. The molecule has 0 aromatic carbocycles. The molecule has 2 heterocycles. The van der Waals surface area contributed by atoms with Gasteiger partial charge in [0.05, 0.1) is 18.3 Å². The molecular formula is C10H12N4O2. The quantitative estimate of drug-likeness (QED) is 0.803. The van der Waals surface area contributed by atoms with Gasteiger partial charge in [-0.1, -0.05) is 0 Å². The van der Waals surface area contributed by atoms with Crippen LogP contribution in [0.4, 0.5) is 0 Å². The molecular weight excluding hydrogens is 208 g/mol. The molecule has 0 radical (unpaired) electrons. The summed E-state index contributed by atoms with van der Waals surface area (Å²) in [7, 11) is 0. The predicted octanol–water partition coefficient (Wildman–Crippen LogP) is 0.952. The SMILES string of the molecule is O=C(O)CCc1cn2[nH]c(C3CC3)nc2n1. The number of aromatic amines is 1. The Bertz CT molecular complexity index is 506. The molecule has 16 heavy (non-hydrogen) atoms. The number of nitrogens with one attached hydrogen (secondary N) is 1. The number of rotatable bonds is 4. The number of aryl methyl sites for hydroxylation is 1. The van der Waals surface area contributed by atoms with Gasteiger partial charge in [0.1, 0.15) is 5.82 Å². The van der Waals surface area contributed by atoms with Crippen LogP contribution < -0.4 is 0 Å². The standard InChI is InChI=1S/C10H12N4O2/c15-8(16)4-3-7-5-14-10(11-7)12-9(13-14)6-1-2-6/h5-6H,1-4H2,(H,15,16)(H,11,12,13). The van der Waals surface area contributed by atoms with Gasteiger partial charge in [-0.3, -0.25) is 9.89 Å². The van der Waals surface area contributed by atoms with E-state index in [1.165, 1.54) is 12.8 Å². The van der Waals surface area contributed by atoms with Crippen LogP contribution >= 0.6 is 0 Å². The number of nitrogens with zero attached hydrogens (tertiary/aromatic N) is 3. The highest BCUT2D eigenvalue weighted by molar-refractivity contribution is 5.67. The minimum atomic E-state index is -0.803. The van der Waals surface area contributed by atoms with E-state index in [0.717, 1.165) is 11.5 Å². The Kier molecular flexibility index (Phi) is 1.95. The van der Waals surface area contributed by atoms with Crippen LogP contribution in [-0.4, -0.2) is 30.7 Å². The molecule has 0 aliphatic heterocycles. The third kappa shape index (κ3) is 1.66. The molecule has 0 atom stereocenters. The van der Waals surface area contributed by atoms with E-state index < -0.39 is 5.97 Å².